The summed E-state index contributed by atoms with van der Waals surface area (Å²) in [7, 11) is 0. The average molecular weight is 310 g/mol. The van der Waals surface area contributed by atoms with Gasteiger partial charge in [-0.05, 0) is 63.1 Å². The van der Waals surface area contributed by atoms with Crippen molar-refractivity contribution in [2.75, 3.05) is 23.3 Å². The summed E-state index contributed by atoms with van der Waals surface area (Å²) in [5.74, 6) is 0.322. The Morgan fingerprint density at radius 1 is 1.09 bits per heavy atom. The first-order chi connectivity index (χ1) is 11.2. The first kappa shape index (κ1) is 15.5. The molecular formula is C18H22N4O. The zero-order chi connectivity index (χ0) is 16.2. The third kappa shape index (κ3) is 3.67. The molecule has 1 aliphatic carbocycles. The summed E-state index contributed by atoms with van der Waals surface area (Å²) in [5, 5.41) is 11.0. The van der Waals surface area contributed by atoms with E-state index in [0.29, 0.717) is 11.6 Å². The fourth-order valence-corrected chi connectivity index (χ4v) is 2.60. The van der Waals surface area contributed by atoms with Crippen molar-refractivity contribution in [1.82, 2.24) is 10.2 Å². The van der Waals surface area contributed by atoms with Crippen LogP contribution in [0.25, 0.3) is 0 Å². The molecular weight excluding hydrogens is 288 g/mol. The third-order valence-corrected chi connectivity index (χ3v) is 4.17. The number of nitrogens with one attached hydrogen (secondary N) is 1. The molecule has 0 aliphatic heterocycles. The standard InChI is InChI=1S/C18H22N4O/c1-3-22(4-2)15-9-7-14(8-10-15)19-18(23)17-12-11-16(20-21-17)13-5-6-13/h7-13H,3-6H2,1-2H3,(H,19,23). The van der Waals surface area contributed by atoms with Gasteiger partial charge in [0, 0.05) is 30.4 Å². The molecule has 1 N–H and O–H groups in total. The highest BCUT2D eigenvalue weighted by Crippen LogP contribution is 2.38. The Bertz CT molecular complexity index is 658. The van der Waals surface area contributed by atoms with E-state index in [1.54, 1.807) is 6.07 Å². The van der Waals surface area contributed by atoms with Gasteiger partial charge in [0.2, 0.25) is 0 Å². The van der Waals surface area contributed by atoms with E-state index in [1.165, 1.54) is 12.8 Å². The Morgan fingerprint density at radius 3 is 2.30 bits per heavy atom. The number of hydrogen-bond acceptors (Lipinski definition) is 4. The monoisotopic (exact) mass is 310 g/mol. The van der Waals surface area contributed by atoms with Crippen LogP contribution in [0.3, 0.4) is 0 Å². The maximum absolute atomic E-state index is 12.2. The number of aromatic nitrogens is 2. The summed E-state index contributed by atoms with van der Waals surface area (Å²) in [6.07, 6.45) is 2.36. The first-order valence-corrected chi connectivity index (χ1v) is 8.21. The van der Waals surface area contributed by atoms with E-state index in [1.807, 2.05) is 30.3 Å². The van der Waals surface area contributed by atoms with Crippen molar-refractivity contribution in [1.29, 1.82) is 0 Å². The summed E-state index contributed by atoms with van der Waals surface area (Å²) < 4.78 is 0. The molecule has 3 rings (SSSR count). The lowest BCUT2D eigenvalue weighted by molar-refractivity contribution is 0.102. The molecule has 0 unspecified atom stereocenters. The molecule has 1 fully saturated rings. The van der Waals surface area contributed by atoms with Crippen LogP contribution in [-0.4, -0.2) is 29.2 Å². The van der Waals surface area contributed by atoms with E-state index in [0.717, 1.165) is 30.2 Å². The number of nitrogens with zero attached hydrogens (tertiary/aromatic N) is 3. The van der Waals surface area contributed by atoms with Crippen molar-refractivity contribution >= 4 is 17.3 Å². The van der Waals surface area contributed by atoms with E-state index >= 15 is 0 Å². The molecule has 0 bridgehead atoms. The van der Waals surface area contributed by atoms with Gasteiger partial charge >= 0.3 is 0 Å². The third-order valence-electron chi connectivity index (χ3n) is 4.17. The van der Waals surface area contributed by atoms with Gasteiger partial charge in [0.15, 0.2) is 5.69 Å². The van der Waals surface area contributed by atoms with E-state index in [2.05, 4.69) is 34.3 Å². The smallest absolute Gasteiger partial charge is 0.276 e. The molecule has 1 heterocycles. The minimum absolute atomic E-state index is 0.226. The fraction of sp³-hybridized carbons (Fsp3) is 0.389. The van der Waals surface area contributed by atoms with Gasteiger partial charge in [-0.3, -0.25) is 4.79 Å². The number of amides is 1. The van der Waals surface area contributed by atoms with E-state index in [4.69, 9.17) is 0 Å². The summed E-state index contributed by atoms with van der Waals surface area (Å²) in [6, 6.07) is 11.5. The van der Waals surface area contributed by atoms with E-state index < -0.39 is 0 Å². The van der Waals surface area contributed by atoms with Crippen LogP contribution in [0.5, 0.6) is 0 Å². The van der Waals surface area contributed by atoms with Crippen molar-refractivity contribution in [2.45, 2.75) is 32.6 Å². The Hall–Kier alpha value is -2.43. The van der Waals surface area contributed by atoms with Crippen LogP contribution < -0.4 is 10.2 Å². The molecule has 5 nitrogen and oxygen atoms in total. The van der Waals surface area contributed by atoms with Crippen molar-refractivity contribution in [3.8, 4) is 0 Å². The average Bonchev–Trinajstić information content (AvgIpc) is 3.42. The van der Waals surface area contributed by atoms with Crippen LogP contribution >= 0.6 is 0 Å². The van der Waals surface area contributed by atoms with Crippen molar-refractivity contribution in [3.05, 3.63) is 47.8 Å². The predicted octanol–water partition coefficient (Wildman–Crippen LogP) is 3.45. The largest absolute Gasteiger partial charge is 0.372 e. The molecule has 23 heavy (non-hydrogen) atoms. The van der Waals surface area contributed by atoms with Crippen LogP contribution in [-0.2, 0) is 0 Å². The highest BCUT2D eigenvalue weighted by atomic mass is 16.1. The molecule has 1 aromatic heterocycles. The van der Waals surface area contributed by atoms with Crippen LogP contribution in [0.1, 0.15) is 48.8 Å². The van der Waals surface area contributed by atoms with Gasteiger partial charge in [-0.2, -0.15) is 5.10 Å². The van der Waals surface area contributed by atoms with Crippen molar-refractivity contribution in [2.24, 2.45) is 0 Å². The second kappa shape index (κ2) is 6.77. The van der Waals surface area contributed by atoms with E-state index in [-0.39, 0.29) is 5.91 Å². The summed E-state index contributed by atoms with van der Waals surface area (Å²) in [5.41, 5.74) is 3.26. The van der Waals surface area contributed by atoms with Gasteiger partial charge in [0.1, 0.15) is 0 Å². The van der Waals surface area contributed by atoms with Crippen LogP contribution in [0.15, 0.2) is 36.4 Å². The number of carbonyl (C=O) groups excluding carboxylic acids is 1. The Morgan fingerprint density at radius 2 is 1.78 bits per heavy atom. The fourth-order valence-electron chi connectivity index (χ4n) is 2.60. The Kier molecular flexibility index (Phi) is 4.55. The van der Waals surface area contributed by atoms with Crippen molar-refractivity contribution < 1.29 is 4.79 Å². The number of anilines is 2. The van der Waals surface area contributed by atoms with Gasteiger partial charge in [-0.25, -0.2) is 0 Å². The zero-order valence-electron chi connectivity index (χ0n) is 13.6. The maximum atomic E-state index is 12.2. The molecule has 5 heteroatoms. The molecule has 1 amide bonds. The highest BCUT2D eigenvalue weighted by molar-refractivity contribution is 6.02. The lowest BCUT2D eigenvalue weighted by atomic mass is 10.2. The van der Waals surface area contributed by atoms with Gasteiger partial charge in [0.05, 0.1) is 5.69 Å². The molecule has 120 valence electrons. The molecule has 0 saturated heterocycles. The Labute approximate surface area is 136 Å². The number of rotatable bonds is 6. The van der Waals surface area contributed by atoms with Gasteiger partial charge in [0.25, 0.3) is 5.91 Å². The van der Waals surface area contributed by atoms with E-state index in [9.17, 15) is 4.79 Å². The minimum atomic E-state index is -0.226. The summed E-state index contributed by atoms with van der Waals surface area (Å²) in [4.78, 5) is 14.5. The number of benzene rings is 1. The lowest BCUT2D eigenvalue weighted by Crippen LogP contribution is -2.21. The summed E-state index contributed by atoms with van der Waals surface area (Å²) in [6.45, 7) is 6.18. The molecule has 0 spiro atoms. The lowest BCUT2D eigenvalue weighted by Gasteiger charge is -2.21. The second-order valence-corrected chi connectivity index (χ2v) is 5.79. The maximum Gasteiger partial charge on any atom is 0.276 e. The van der Waals surface area contributed by atoms with Crippen LogP contribution in [0.2, 0.25) is 0 Å². The minimum Gasteiger partial charge on any atom is -0.372 e. The predicted molar refractivity (Wildman–Crippen MR) is 92.0 cm³/mol. The second-order valence-electron chi connectivity index (χ2n) is 5.79. The molecule has 1 aliphatic rings. The topological polar surface area (TPSA) is 58.1 Å². The highest BCUT2D eigenvalue weighted by Gasteiger charge is 2.25. The Balaban J connectivity index is 1.64. The van der Waals surface area contributed by atoms with Gasteiger partial charge < -0.3 is 10.2 Å². The summed E-state index contributed by atoms with van der Waals surface area (Å²) >= 11 is 0. The SMILES string of the molecule is CCN(CC)c1ccc(NC(=O)c2ccc(C3CC3)nn2)cc1. The molecule has 0 atom stereocenters. The molecule has 1 saturated carbocycles. The number of carbonyl (C=O) groups is 1. The molecule has 2 aromatic rings. The van der Waals surface area contributed by atoms with Crippen LogP contribution in [0, 0.1) is 0 Å². The van der Waals surface area contributed by atoms with Crippen LogP contribution in [0.4, 0.5) is 11.4 Å². The molecule has 0 radical (unpaired) electrons. The molecule has 1 aromatic carbocycles. The van der Waals surface area contributed by atoms with Gasteiger partial charge in [-0.15, -0.1) is 5.10 Å². The number of hydrogen-bond donors (Lipinski definition) is 1. The quantitative estimate of drug-likeness (QED) is 0.888. The van der Waals surface area contributed by atoms with Gasteiger partial charge in [-0.1, -0.05) is 0 Å². The zero-order valence-corrected chi connectivity index (χ0v) is 13.6. The first-order valence-electron chi connectivity index (χ1n) is 8.21. The normalized spacial score (nSPS) is 13.7. The van der Waals surface area contributed by atoms with Crippen molar-refractivity contribution in [3.63, 3.8) is 0 Å².